The van der Waals surface area contributed by atoms with Gasteiger partial charge < -0.3 is 14.4 Å². The molecule has 3 heterocycles. The lowest BCUT2D eigenvalue weighted by Crippen LogP contribution is -2.22. The zero-order valence-corrected chi connectivity index (χ0v) is 18.7. The average molecular weight is 444 g/mol. The molecule has 0 aliphatic rings. The van der Waals surface area contributed by atoms with Crippen LogP contribution in [0.5, 0.6) is 0 Å². The summed E-state index contributed by atoms with van der Waals surface area (Å²) in [4.78, 5) is 20.8. The van der Waals surface area contributed by atoms with Gasteiger partial charge in [0.25, 0.3) is 0 Å². The van der Waals surface area contributed by atoms with Gasteiger partial charge in [0, 0.05) is 31.3 Å². The van der Waals surface area contributed by atoms with Gasteiger partial charge in [-0.15, -0.1) is 0 Å². The number of carboxylic acids is 1. The second-order valence-electron chi connectivity index (χ2n) is 8.36. The van der Waals surface area contributed by atoms with Crippen molar-refractivity contribution >= 4 is 47.7 Å². The first kappa shape index (κ1) is 20.5. The van der Waals surface area contributed by atoms with E-state index in [-0.39, 0.29) is 12.3 Å². The lowest BCUT2D eigenvalue weighted by Gasteiger charge is -2.15. The van der Waals surface area contributed by atoms with Crippen molar-refractivity contribution in [2.24, 2.45) is 0 Å². The Bertz CT molecular complexity index is 1240. The van der Waals surface area contributed by atoms with Gasteiger partial charge in [0.05, 0.1) is 11.7 Å². The first-order valence-corrected chi connectivity index (χ1v) is 13.6. The maximum atomic E-state index is 11.8. The van der Waals surface area contributed by atoms with E-state index in [2.05, 4.69) is 39.8 Å². The van der Waals surface area contributed by atoms with Crippen molar-refractivity contribution in [3.8, 4) is 11.4 Å². The molecule has 0 saturated heterocycles. The Labute approximate surface area is 178 Å². The Kier molecular flexibility index (Phi) is 5.35. The topological polar surface area (TPSA) is 106 Å². The fourth-order valence-electron chi connectivity index (χ4n) is 3.15. The summed E-state index contributed by atoms with van der Waals surface area (Å²) in [6, 6.07) is 6.42. The number of aromatic carboxylic acids is 1. The number of rotatable bonds is 7. The second-order valence-corrected chi connectivity index (χ2v) is 14.4. The number of aromatic nitrogens is 5. The molecule has 0 bridgehead atoms. The monoisotopic (exact) mass is 443 g/mol. The lowest BCUT2D eigenvalue weighted by molar-refractivity contribution is 0.0696. The first-order chi connectivity index (χ1) is 14.2. The number of fused-ring (bicyclic) bond motifs is 2. The second kappa shape index (κ2) is 7.82. The molecule has 2 N–H and O–H groups in total. The molecule has 0 amide bonds. The molecular weight excluding hydrogens is 422 g/mol. The number of hydrogen-bond donors (Lipinski definition) is 2. The fraction of sp³-hybridized carbons (Fsp3) is 0.300. The molecule has 0 saturated carbocycles. The molecule has 8 nitrogen and oxygen atoms in total. The van der Waals surface area contributed by atoms with Gasteiger partial charge in [0.15, 0.2) is 5.65 Å². The van der Waals surface area contributed by atoms with Gasteiger partial charge in [-0.2, -0.15) is 5.10 Å². The van der Waals surface area contributed by atoms with E-state index in [1.807, 2.05) is 6.07 Å². The zero-order valence-electron chi connectivity index (χ0n) is 16.9. The summed E-state index contributed by atoms with van der Waals surface area (Å²) in [7, 11) is -1.20. The van der Waals surface area contributed by atoms with Crippen LogP contribution in [-0.2, 0) is 11.5 Å². The SMILES string of the molecule is C[Si](C)(C)CCOCn1cc(C(=O)O)c2nc(-c3n[nH]c4cc(Cl)ccc34)cnc21. The van der Waals surface area contributed by atoms with Gasteiger partial charge in [0.1, 0.15) is 29.2 Å². The highest BCUT2D eigenvalue weighted by Gasteiger charge is 2.20. The summed E-state index contributed by atoms with van der Waals surface area (Å²) in [5.74, 6) is -1.06. The largest absolute Gasteiger partial charge is 0.478 e. The number of ether oxygens (including phenoxy) is 1. The molecule has 4 rings (SSSR count). The van der Waals surface area contributed by atoms with Crippen LogP contribution in [0.25, 0.3) is 33.5 Å². The molecule has 10 heteroatoms. The molecule has 0 atom stereocenters. The maximum absolute atomic E-state index is 11.8. The number of carboxylic acid groups (broad SMARTS) is 1. The van der Waals surface area contributed by atoms with E-state index in [0.717, 1.165) is 16.9 Å². The predicted molar refractivity (Wildman–Crippen MR) is 119 cm³/mol. The van der Waals surface area contributed by atoms with Gasteiger partial charge in [-0.05, 0) is 24.2 Å². The minimum absolute atomic E-state index is 0.0797. The van der Waals surface area contributed by atoms with Crippen LogP contribution in [0.1, 0.15) is 10.4 Å². The lowest BCUT2D eigenvalue weighted by atomic mass is 10.1. The van der Waals surface area contributed by atoms with Crippen LogP contribution >= 0.6 is 11.6 Å². The van der Waals surface area contributed by atoms with Crippen LogP contribution in [0, 0.1) is 0 Å². The Balaban J connectivity index is 1.69. The molecule has 0 aliphatic carbocycles. The van der Waals surface area contributed by atoms with E-state index in [1.54, 1.807) is 22.9 Å². The number of nitrogens with one attached hydrogen (secondary N) is 1. The van der Waals surface area contributed by atoms with E-state index >= 15 is 0 Å². The summed E-state index contributed by atoms with van der Waals surface area (Å²) >= 11 is 6.03. The van der Waals surface area contributed by atoms with Gasteiger partial charge in [-0.25, -0.2) is 14.8 Å². The van der Waals surface area contributed by atoms with Crippen LogP contribution in [0.2, 0.25) is 30.7 Å². The third-order valence-electron chi connectivity index (χ3n) is 4.79. The highest BCUT2D eigenvalue weighted by Crippen LogP contribution is 2.28. The van der Waals surface area contributed by atoms with E-state index < -0.39 is 14.0 Å². The molecular formula is C20H22ClN5O3Si. The normalized spacial score (nSPS) is 12.1. The van der Waals surface area contributed by atoms with Gasteiger partial charge in [-0.3, -0.25) is 5.10 Å². The molecule has 0 radical (unpaired) electrons. The van der Waals surface area contributed by atoms with Crippen molar-refractivity contribution in [1.82, 2.24) is 24.7 Å². The highest BCUT2D eigenvalue weighted by molar-refractivity contribution is 6.76. The summed E-state index contributed by atoms with van der Waals surface area (Å²) in [5.41, 5.74) is 2.69. The molecule has 156 valence electrons. The standard InChI is InChI=1S/C20H22ClN5O3Si/c1-30(2,3)7-6-29-11-26-10-14(20(27)28)18-19(26)22-9-16(23-18)17-13-5-4-12(21)8-15(13)24-25-17/h4-5,8-10H,6-7,11H2,1-3H3,(H,24,25)(H,27,28). The van der Waals surface area contributed by atoms with E-state index in [9.17, 15) is 9.90 Å². The van der Waals surface area contributed by atoms with Crippen LogP contribution in [0.3, 0.4) is 0 Å². The van der Waals surface area contributed by atoms with Crippen LogP contribution < -0.4 is 0 Å². The minimum Gasteiger partial charge on any atom is -0.478 e. The van der Waals surface area contributed by atoms with Crippen molar-refractivity contribution in [1.29, 1.82) is 0 Å². The van der Waals surface area contributed by atoms with Crippen molar-refractivity contribution in [3.05, 3.63) is 41.2 Å². The van der Waals surface area contributed by atoms with Crippen LogP contribution in [-0.4, -0.2) is 50.5 Å². The number of H-pyrrole nitrogens is 1. The van der Waals surface area contributed by atoms with Crippen molar-refractivity contribution < 1.29 is 14.6 Å². The minimum atomic E-state index is -1.20. The maximum Gasteiger partial charge on any atom is 0.339 e. The molecule has 0 unspecified atom stereocenters. The third-order valence-corrected chi connectivity index (χ3v) is 6.73. The predicted octanol–water partition coefficient (Wildman–Crippen LogP) is 4.64. The van der Waals surface area contributed by atoms with E-state index in [1.165, 1.54) is 6.20 Å². The van der Waals surface area contributed by atoms with E-state index in [0.29, 0.717) is 34.2 Å². The van der Waals surface area contributed by atoms with Gasteiger partial charge in [-0.1, -0.05) is 31.2 Å². The quantitative estimate of drug-likeness (QED) is 0.318. The summed E-state index contributed by atoms with van der Waals surface area (Å²) in [6.45, 7) is 7.70. The Hall–Kier alpha value is -2.75. The number of nitrogens with zero attached hydrogens (tertiary/aromatic N) is 4. The molecule has 1 aromatic carbocycles. The summed E-state index contributed by atoms with van der Waals surface area (Å²) in [6.07, 6.45) is 3.12. The molecule has 0 spiro atoms. The number of hydrogen-bond acceptors (Lipinski definition) is 5. The molecule has 0 fully saturated rings. The van der Waals surface area contributed by atoms with Crippen LogP contribution in [0.15, 0.2) is 30.6 Å². The highest BCUT2D eigenvalue weighted by atomic mass is 35.5. The van der Waals surface area contributed by atoms with Gasteiger partial charge in [0.2, 0.25) is 0 Å². The smallest absolute Gasteiger partial charge is 0.339 e. The van der Waals surface area contributed by atoms with Gasteiger partial charge >= 0.3 is 5.97 Å². The number of benzene rings is 1. The van der Waals surface area contributed by atoms with E-state index in [4.69, 9.17) is 16.3 Å². The summed E-state index contributed by atoms with van der Waals surface area (Å²) < 4.78 is 7.46. The summed E-state index contributed by atoms with van der Waals surface area (Å²) in [5, 5.41) is 18.3. The molecule has 0 aliphatic heterocycles. The third kappa shape index (κ3) is 4.09. The first-order valence-electron chi connectivity index (χ1n) is 9.54. The number of halogens is 1. The Morgan fingerprint density at radius 3 is 2.87 bits per heavy atom. The van der Waals surface area contributed by atoms with Crippen LogP contribution in [0.4, 0.5) is 0 Å². The Morgan fingerprint density at radius 1 is 1.33 bits per heavy atom. The van der Waals surface area contributed by atoms with Crippen molar-refractivity contribution in [2.75, 3.05) is 6.61 Å². The average Bonchev–Trinajstić information content (AvgIpc) is 3.25. The molecule has 3 aromatic heterocycles. The van der Waals surface area contributed by atoms with Crippen molar-refractivity contribution in [3.63, 3.8) is 0 Å². The zero-order chi connectivity index (χ0) is 21.5. The number of aromatic amines is 1. The number of carbonyl (C=O) groups is 1. The molecule has 30 heavy (non-hydrogen) atoms. The Morgan fingerprint density at radius 2 is 2.13 bits per heavy atom. The fourth-order valence-corrected chi connectivity index (χ4v) is 4.08. The molecule has 4 aromatic rings. The van der Waals surface area contributed by atoms with Crippen molar-refractivity contribution in [2.45, 2.75) is 32.4 Å².